The summed E-state index contributed by atoms with van der Waals surface area (Å²) < 4.78 is 5.26. The number of furan rings is 1. The van der Waals surface area contributed by atoms with Gasteiger partial charge >= 0.3 is 0 Å². The summed E-state index contributed by atoms with van der Waals surface area (Å²) in [6.07, 6.45) is 2.71. The van der Waals surface area contributed by atoms with E-state index in [1.807, 2.05) is 24.3 Å². The van der Waals surface area contributed by atoms with Gasteiger partial charge in [0.2, 0.25) is 0 Å². The Bertz CT molecular complexity index is 472. The second-order valence-electron chi connectivity index (χ2n) is 4.42. The predicted molar refractivity (Wildman–Crippen MR) is 67.9 cm³/mol. The third-order valence-corrected chi connectivity index (χ3v) is 3.25. The Morgan fingerprint density at radius 1 is 1.18 bits per heavy atom. The van der Waals surface area contributed by atoms with Gasteiger partial charge in [0.15, 0.2) is 0 Å². The van der Waals surface area contributed by atoms with E-state index in [1.165, 1.54) is 11.1 Å². The van der Waals surface area contributed by atoms with Crippen molar-refractivity contribution in [3.05, 3.63) is 59.0 Å². The smallest absolute Gasteiger partial charge is 0.103 e. The van der Waals surface area contributed by atoms with Crippen LogP contribution >= 0.6 is 0 Å². The number of hydrogen-bond donors (Lipinski definition) is 1. The highest BCUT2D eigenvalue weighted by Crippen LogP contribution is 2.24. The number of benzene rings is 1. The fraction of sp³-hybridized carbons (Fsp3) is 0.333. The van der Waals surface area contributed by atoms with Crippen molar-refractivity contribution in [3.8, 4) is 0 Å². The molecule has 1 heterocycles. The highest BCUT2D eigenvalue weighted by Gasteiger charge is 2.11. The molecule has 0 saturated carbocycles. The van der Waals surface area contributed by atoms with E-state index in [0.717, 1.165) is 17.7 Å². The summed E-state index contributed by atoms with van der Waals surface area (Å²) in [5.74, 6) is 0.925. The van der Waals surface area contributed by atoms with E-state index >= 15 is 0 Å². The van der Waals surface area contributed by atoms with Crippen LogP contribution in [0.1, 0.15) is 35.0 Å². The summed E-state index contributed by atoms with van der Waals surface area (Å²) in [7, 11) is 0. The fourth-order valence-electron chi connectivity index (χ4n) is 2.02. The molecule has 2 heteroatoms. The Morgan fingerprint density at radius 2 is 2.00 bits per heavy atom. The van der Waals surface area contributed by atoms with Crippen LogP contribution in [0, 0.1) is 13.8 Å². The number of aliphatic hydroxyl groups excluding tert-OH is 1. The van der Waals surface area contributed by atoms with Gasteiger partial charge < -0.3 is 9.52 Å². The molecule has 0 aliphatic rings. The molecule has 2 rings (SSSR count). The van der Waals surface area contributed by atoms with E-state index in [1.54, 1.807) is 6.26 Å². The van der Waals surface area contributed by atoms with Crippen molar-refractivity contribution < 1.29 is 9.52 Å². The number of aliphatic hydroxyl groups is 1. The Balaban J connectivity index is 2.04. The average Bonchev–Trinajstić information content (AvgIpc) is 2.82. The van der Waals surface area contributed by atoms with Gasteiger partial charge in [-0.2, -0.15) is 0 Å². The topological polar surface area (TPSA) is 33.4 Å². The summed E-state index contributed by atoms with van der Waals surface area (Å²) in [5, 5.41) is 10.2. The first-order valence-corrected chi connectivity index (χ1v) is 5.95. The summed E-state index contributed by atoms with van der Waals surface area (Å²) in [4.78, 5) is 0. The van der Waals surface area contributed by atoms with Crippen LogP contribution in [0.15, 0.2) is 41.0 Å². The summed E-state index contributed by atoms with van der Waals surface area (Å²) in [5.41, 5.74) is 3.43. The van der Waals surface area contributed by atoms with Gasteiger partial charge in [-0.25, -0.2) is 0 Å². The summed E-state index contributed by atoms with van der Waals surface area (Å²) in [6.45, 7) is 4.12. The zero-order valence-corrected chi connectivity index (χ0v) is 10.3. The Labute approximate surface area is 102 Å². The van der Waals surface area contributed by atoms with Gasteiger partial charge in [0.25, 0.3) is 0 Å². The van der Waals surface area contributed by atoms with E-state index < -0.39 is 6.10 Å². The average molecular weight is 230 g/mol. The summed E-state index contributed by atoms with van der Waals surface area (Å²) in [6, 6.07) is 9.87. The third-order valence-electron chi connectivity index (χ3n) is 3.25. The molecule has 1 unspecified atom stereocenters. The molecule has 0 amide bonds. The van der Waals surface area contributed by atoms with Gasteiger partial charge in [0.05, 0.1) is 12.4 Å². The zero-order valence-electron chi connectivity index (χ0n) is 10.3. The highest BCUT2D eigenvalue weighted by atomic mass is 16.3. The number of rotatable bonds is 4. The fourth-order valence-corrected chi connectivity index (χ4v) is 2.02. The maximum absolute atomic E-state index is 10.2. The molecular weight excluding hydrogens is 212 g/mol. The number of hydrogen-bond acceptors (Lipinski definition) is 2. The van der Waals surface area contributed by atoms with Gasteiger partial charge in [0.1, 0.15) is 5.76 Å². The van der Waals surface area contributed by atoms with Crippen molar-refractivity contribution in [2.75, 3.05) is 0 Å². The number of aryl methyl sites for hydroxylation is 2. The Kier molecular flexibility index (Phi) is 3.64. The predicted octanol–water partition coefficient (Wildman–Crippen LogP) is 3.56. The van der Waals surface area contributed by atoms with E-state index in [0.29, 0.717) is 6.42 Å². The molecule has 2 nitrogen and oxygen atoms in total. The van der Waals surface area contributed by atoms with Crippen LogP contribution in [0.5, 0.6) is 0 Å². The molecular formula is C15H18O2. The maximum Gasteiger partial charge on any atom is 0.103 e. The minimum atomic E-state index is -0.417. The molecule has 2 aromatic rings. The first kappa shape index (κ1) is 11.9. The van der Waals surface area contributed by atoms with Crippen LogP contribution < -0.4 is 0 Å². The largest absolute Gasteiger partial charge is 0.469 e. The lowest BCUT2D eigenvalue weighted by molar-refractivity contribution is 0.164. The molecule has 0 saturated heterocycles. The molecule has 1 aromatic heterocycles. The van der Waals surface area contributed by atoms with Crippen LogP contribution in [-0.2, 0) is 6.42 Å². The van der Waals surface area contributed by atoms with Crippen LogP contribution in [0.4, 0.5) is 0 Å². The van der Waals surface area contributed by atoms with Gasteiger partial charge in [-0.3, -0.25) is 0 Å². The van der Waals surface area contributed by atoms with E-state index in [-0.39, 0.29) is 0 Å². The monoisotopic (exact) mass is 230 g/mol. The molecule has 1 aromatic carbocycles. The Hall–Kier alpha value is -1.54. The quantitative estimate of drug-likeness (QED) is 0.871. The second-order valence-corrected chi connectivity index (χ2v) is 4.42. The summed E-state index contributed by atoms with van der Waals surface area (Å²) >= 11 is 0. The van der Waals surface area contributed by atoms with E-state index in [2.05, 4.69) is 19.9 Å². The van der Waals surface area contributed by atoms with Crippen LogP contribution in [0.3, 0.4) is 0 Å². The van der Waals surface area contributed by atoms with E-state index in [9.17, 15) is 5.11 Å². The van der Waals surface area contributed by atoms with Crippen LogP contribution in [0.25, 0.3) is 0 Å². The van der Waals surface area contributed by atoms with Gasteiger partial charge in [-0.1, -0.05) is 18.2 Å². The molecule has 90 valence electrons. The van der Waals surface area contributed by atoms with Crippen molar-refractivity contribution in [2.24, 2.45) is 0 Å². The lowest BCUT2D eigenvalue weighted by atomic mass is 9.96. The van der Waals surface area contributed by atoms with Crippen molar-refractivity contribution >= 4 is 0 Å². The minimum absolute atomic E-state index is 0.417. The van der Waals surface area contributed by atoms with Gasteiger partial charge in [-0.15, -0.1) is 0 Å². The molecule has 1 N–H and O–H groups in total. The van der Waals surface area contributed by atoms with Gasteiger partial charge in [-0.05, 0) is 49.1 Å². The van der Waals surface area contributed by atoms with Crippen molar-refractivity contribution in [1.29, 1.82) is 0 Å². The van der Waals surface area contributed by atoms with Crippen LogP contribution in [-0.4, -0.2) is 5.11 Å². The van der Waals surface area contributed by atoms with E-state index in [4.69, 9.17) is 4.42 Å². The normalized spacial score (nSPS) is 12.6. The molecule has 0 radical (unpaired) electrons. The molecule has 0 aliphatic carbocycles. The van der Waals surface area contributed by atoms with Crippen LogP contribution in [0.2, 0.25) is 0 Å². The molecule has 1 atom stereocenters. The standard InChI is InChI=1S/C15H18O2/c1-11-5-3-7-14(12(11)2)15(16)9-8-13-6-4-10-17-13/h3-7,10,15-16H,8-9H2,1-2H3. The molecule has 0 fully saturated rings. The SMILES string of the molecule is Cc1cccc(C(O)CCc2ccco2)c1C. The first-order valence-electron chi connectivity index (χ1n) is 5.95. The van der Waals surface area contributed by atoms with Crippen molar-refractivity contribution in [1.82, 2.24) is 0 Å². The highest BCUT2D eigenvalue weighted by molar-refractivity contribution is 5.34. The van der Waals surface area contributed by atoms with Crippen molar-refractivity contribution in [3.63, 3.8) is 0 Å². The molecule has 0 bridgehead atoms. The minimum Gasteiger partial charge on any atom is -0.469 e. The third kappa shape index (κ3) is 2.77. The Morgan fingerprint density at radius 3 is 2.71 bits per heavy atom. The second kappa shape index (κ2) is 5.19. The van der Waals surface area contributed by atoms with Gasteiger partial charge in [0, 0.05) is 6.42 Å². The maximum atomic E-state index is 10.2. The first-order chi connectivity index (χ1) is 8.18. The zero-order chi connectivity index (χ0) is 12.3. The lowest BCUT2D eigenvalue weighted by Gasteiger charge is -2.14. The lowest BCUT2D eigenvalue weighted by Crippen LogP contribution is -2.02. The molecule has 0 aliphatic heterocycles. The van der Waals surface area contributed by atoms with Crippen molar-refractivity contribution in [2.45, 2.75) is 32.8 Å². The molecule has 0 spiro atoms. The molecule has 17 heavy (non-hydrogen) atoms.